The largest absolute Gasteiger partial charge is 0.508 e. The van der Waals surface area contributed by atoms with Gasteiger partial charge in [0.15, 0.2) is 0 Å². The number of rotatable bonds is 2. The van der Waals surface area contributed by atoms with Crippen LogP contribution in [0.1, 0.15) is 25.5 Å². The van der Waals surface area contributed by atoms with Crippen LogP contribution < -0.4 is 0 Å². The minimum atomic E-state index is 0.305. The van der Waals surface area contributed by atoms with Crippen molar-refractivity contribution in [2.24, 2.45) is 0 Å². The number of hydrogen-bond acceptors (Lipinski definition) is 2. The molecule has 2 aromatic carbocycles. The third kappa shape index (κ3) is 1.86. The third-order valence-corrected chi connectivity index (χ3v) is 3.66. The van der Waals surface area contributed by atoms with Gasteiger partial charge in [-0.05, 0) is 39.0 Å². The second kappa shape index (κ2) is 4.67. The summed E-state index contributed by atoms with van der Waals surface area (Å²) in [7, 11) is 0. The number of benzene rings is 2. The Kier molecular flexibility index (Phi) is 2.97. The van der Waals surface area contributed by atoms with Crippen molar-refractivity contribution in [1.29, 1.82) is 0 Å². The number of nitrogens with zero attached hydrogens (tertiary/aromatic N) is 2. The van der Waals surface area contributed by atoms with Crippen molar-refractivity contribution in [3.8, 4) is 17.1 Å². The van der Waals surface area contributed by atoms with Crippen LogP contribution in [0.5, 0.6) is 5.75 Å². The van der Waals surface area contributed by atoms with E-state index in [-0.39, 0.29) is 0 Å². The molecule has 3 heteroatoms. The number of para-hydroxylation sites is 2. The molecule has 0 spiro atoms. The van der Waals surface area contributed by atoms with Crippen molar-refractivity contribution < 1.29 is 5.11 Å². The molecule has 0 bridgehead atoms. The summed E-state index contributed by atoms with van der Waals surface area (Å²) >= 11 is 0. The number of fused-ring (bicyclic) bond motifs is 1. The van der Waals surface area contributed by atoms with E-state index in [0.29, 0.717) is 11.8 Å². The minimum Gasteiger partial charge on any atom is -0.508 e. The Labute approximate surface area is 118 Å². The van der Waals surface area contributed by atoms with Gasteiger partial charge in [0, 0.05) is 17.2 Å². The van der Waals surface area contributed by atoms with Gasteiger partial charge < -0.3 is 9.67 Å². The summed E-state index contributed by atoms with van der Waals surface area (Å²) in [5, 5.41) is 9.93. The predicted octanol–water partition coefficient (Wildman–Crippen LogP) is 4.30. The minimum absolute atomic E-state index is 0.305. The first-order valence-corrected chi connectivity index (χ1v) is 6.85. The summed E-state index contributed by atoms with van der Waals surface area (Å²) in [4.78, 5) is 4.76. The third-order valence-electron chi connectivity index (χ3n) is 3.66. The topological polar surface area (TPSA) is 38.1 Å². The van der Waals surface area contributed by atoms with Crippen molar-refractivity contribution in [1.82, 2.24) is 9.55 Å². The molecule has 3 nitrogen and oxygen atoms in total. The summed E-state index contributed by atoms with van der Waals surface area (Å²) in [5.41, 5.74) is 3.96. The van der Waals surface area contributed by atoms with E-state index < -0.39 is 0 Å². The average Bonchev–Trinajstić information content (AvgIpc) is 2.81. The Hall–Kier alpha value is -2.29. The van der Waals surface area contributed by atoms with Gasteiger partial charge in [-0.3, -0.25) is 0 Å². The standard InChI is InChI=1S/C17H18N2O/c1-11(2)19-15-9-5-4-8-14(15)18-17(19)13-7-6-10-16(20)12(13)3/h4-11,20H,1-3H3. The molecule has 20 heavy (non-hydrogen) atoms. The number of phenols is 1. The van der Waals surface area contributed by atoms with Gasteiger partial charge in [-0.15, -0.1) is 0 Å². The molecule has 1 N–H and O–H groups in total. The van der Waals surface area contributed by atoms with Crippen molar-refractivity contribution in [3.05, 3.63) is 48.0 Å². The van der Waals surface area contributed by atoms with Gasteiger partial charge in [-0.2, -0.15) is 0 Å². The molecule has 0 saturated heterocycles. The van der Waals surface area contributed by atoms with Gasteiger partial charge in [-0.1, -0.05) is 24.3 Å². The van der Waals surface area contributed by atoms with Crippen molar-refractivity contribution in [2.75, 3.05) is 0 Å². The van der Waals surface area contributed by atoms with E-state index >= 15 is 0 Å². The number of phenolic OH excluding ortho intramolecular Hbond substituents is 1. The monoisotopic (exact) mass is 266 g/mol. The molecule has 3 aromatic rings. The summed E-state index contributed by atoms with van der Waals surface area (Å²) in [6, 6.07) is 14.0. The average molecular weight is 266 g/mol. The zero-order valence-electron chi connectivity index (χ0n) is 12.0. The lowest BCUT2D eigenvalue weighted by molar-refractivity contribution is 0.471. The van der Waals surface area contributed by atoms with Gasteiger partial charge in [0.1, 0.15) is 11.6 Å². The molecule has 0 aliphatic carbocycles. The molecule has 1 heterocycles. The first kappa shape index (κ1) is 12.7. The second-order valence-corrected chi connectivity index (χ2v) is 5.34. The van der Waals surface area contributed by atoms with Crippen molar-refractivity contribution in [2.45, 2.75) is 26.8 Å². The lowest BCUT2D eigenvalue weighted by Gasteiger charge is -2.14. The summed E-state index contributed by atoms with van der Waals surface area (Å²) in [5.74, 6) is 1.22. The normalized spacial score (nSPS) is 11.4. The molecular weight excluding hydrogens is 248 g/mol. The van der Waals surface area contributed by atoms with Crippen LogP contribution in [-0.4, -0.2) is 14.7 Å². The Morgan fingerprint density at radius 2 is 1.80 bits per heavy atom. The maximum Gasteiger partial charge on any atom is 0.141 e. The molecule has 3 rings (SSSR count). The molecule has 102 valence electrons. The fourth-order valence-corrected chi connectivity index (χ4v) is 2.62. The summed E-state index contributed by atoms with van der Waals surface area (Å²) < 4.78 is 2.22. The Morgan fingerprint density at radius 3 is 2.55 bits per heavy atom. The smallest absolute Gasteiger partial charge is 0.141 e. The van der Waals surface area contributed by atoms with Gasteiger partial charge in [0.25, 0.3) is 0 Å². The van der Waals surface area contributed by atoms with Crippen LogP contribution in [0.2, 0.25) is 0 Å². The highest BCUT2D eigenvalue weighted by molar-refractivity contribution is 5.81. The highest BCUT2D eigenvalue weighted by Crippen LogP contribution is 2.33. The molecule has 0 aliphatic heterocycles. The van der Waals surface area contributed by atoms with Gasteiger partial charge in [0.2, 0.25) is 0 Å². The first-order chi connectivity index (χ1) is 9.59. The van der Waals surface area contributed by atoms with Crippen LogP contribution in [0.25, 0.3) is 22.4 Å². The SMILES string of the molecule is Cc1c(O)cccc1-c1nc2ccccc2n1C(C)C. The van der Waals surface area contributed by atoms with Gasteiger partial charge in [-0.25, -0.2) is 4.98 Å². The molecule has 0 amide bonds. The van der Waals surface area contributed by atoms with Crippen molar-refractivity contribution >= 4 is 11.0 Å². The lowest BCUT2D eigenvalue weighted by Crippen LogP contribution is -2.03. The van der Waals surface area contributed by atoms with E-state index in [1.165, 1.54) is 0 Å². The second-order valence-electron chi connectivity index (χ2n) is 5.34. The maximum atomic E-state index is 9.93. The van der Waals surface area contributed by atoms with E-state index in [1.54, 1.807) is 6.07 Å². The van der Waals surface area contributed by atoms with Crippen LogP contribution in [0.15, 0.2) is 42.5 Å². The maximum absolute atomic E-state index is 9.93. The van der Waals surface area contributed by atoms with Gasteiger partial charge in [0.05, 0.1) is 11.0 Å². The van der Waals surface area contributed by atoms with Gasteiger partial charge >= 0.3 is 0 Å². The molecular formula is C17H18N2O. The Bertz CT molecular complexity index is 772. The summed E-state index contributed by atoms with van der Waals surface area (Å²) in [6.07, 6.45) is 0. The molecule has 0 aliphatic rings. The van der Waals surface area contributed by atoms with Crippen molar-refractivity contribution in [3.63, 3.8) is 0 Å². The number of aromatic hydroxyl groups is 1. The molecule has 1 aromatic heterocycles. The number of aromatic nitrogens is 2. The zero-order chi connectivity index (χ0) is 14.3. The van der Waals surface area contributed by atoms with Crippen LogP contribution in [0, 0.1) is 6.92 Å². The van der Waals surface area contributed by atoms with Crippen LogP contribution in [-0.2, 0) is 0 Å². The number of hydrogen-bond donors (Lipinski definition) is 1. The van der Waals surface area contributed by atoms with Crippen LogP contribution in [0.4, 0.5) is 0 Å². The molecule has 0 fully saturated rings. The lowest BCUT2D eigenvalue weighted by atomic mass is 10.1. The molecule has 0 radical (unpaired) electrons. The van der Waals surface area contributed by atoms with E-state index in [1.807, 2.05) is 37.3 Å². The first-order valence-electron chi connectivity index (χ1n) is 6.85. The predicted molar refractivity (Wildman–Crippen MR) is 82.0 cm³/mol. The highest BCUT2D eigenvalue weighted by Gasteiger charge is 2.16. The molecule has 0 atom stereocenters. The quantitative estimate of drug-likeness (QED) is 0.751. The molecule has 0 unspecified atom stereocenters. The fraction of sp³-hybridized carbons (Fsp3) is 0.235. The van der Waals surface area contributed by atoms with Crippen LogP contribution >= 0.6 is 0 Å². The highest BCUT2D eigenvalue weighted by atomic mass is 16.3. The van der Waals surface area contributed by atoms with E-state index in [0.717, 1.165) is 28.0 Å². The van der Waals surface area contributed by atoms with E-state index in [2.05, 4.69) is 24.5 Å². The molecule has 0 saturated carbocycles. The summed E-state index contributed by atoms with van der Waals surface area (Å²) in [6.45, 7) is 6.22. The number of imidazole rings is 1. The van der Waals surface area contributed by atoms with E-state index in [4.69, 9.17) is 4.98 Å². The Morgan fingerprint density at radius 1 is 1.05 bits per heavy atom. The fourth-order valence-electron chi connectivity index (χ4n) is 2.62. The van der Waals surface area contributed by atoms with Crippen LogP contribution in [0.3, 0.4) is 0 Å². The Balaban J connectivity index is 2.36. The van der Waals surface area contributed by atoms with E-state index in [9.17, 15) is 5.11 Å². The zero-order valence-corrected chi connectivity index (χ0v) is 12.0.